The monoisotopic (exact) mass is 308 g/mol. The van der Waals surface area contributed by atoms with E-state index in [1.54, 1.807) is 29.0 Å². The van der Waals surface area contributed by atoms with E-state index in [4.69, 9.17) is 10.5 Å². The van der Waals surface area contributed by atoms with Crippen LogP contribution in [-0.4, -0.2) is 11.2 Å². The number of benzene rings is 1. The second kappa shape index (κ2) is 5.73. The van der Waals surface area contributed by atoms with Gasteiger partial charge in [0, 0.05) is 16.7 Å². The normalized spacial score (nSPS) is 10.3. The van der Waals surface area contributed by atoms with Gasteiger partial charge < -0.3 is 15.0 Å². The molecule has 2 N–H and O–H groups in total. The van der Waals surface area contributed by atoms with E-state index in [9.17, 15) is 4.79 Å². The van der Waals surface area contributed by atoms with Crippen LogP contribution in [0.5, 0.6) is 5.75 Å². The third-order valence-electron chi connectivity index (χ3n) is 2.46. The van der Waals surface area contributed by atoms with E-state index in [-0.39, 0.29) is 5.56 Å². The van der Waals surface area contributed by atoms with Gasteiger partial charge in [0.1, 0.15) is 12.4 Å². The van der Waals surface area contributed by atoms with Crippen LogP contribution in [0.2, 0.25) is 0 Å². The molecule has 0 amide bonds. The minimum Gasteiger partial charge on any atom is -0.490 e. The maximum absolute atomic E-state index is 11.5. The van der Waals surface area contributed by atoms with Crippen molar-refractivity contribution in [2.75, 3.05) is 12.3 Å². The second-order valence-corrected chi connectivity index (χ2v) is 4.68. The van der Waals surface area contributed by atoms with Crippen LogP contribution >= 0.6 is 15.9 Å². The molecule has 1 aromatic carbocycles. The van der Waals surface area contributed by atoms with Gasteiger partial charge in [-0.15, -0.1) is 0 Å². The van der Waals surface area contributed by atoms with Gasteiger partial charge in [0.25, 0.3) is 5.56 Å². The summed E-state index contributed by atoms with van der Waals surface area (Å²) in [5.74, 6) is 0.639. The molecule has 1 heterocycles. The average Bonchev–Trinajstić information content (AvgIpc) is 2.36. The van der Waals surface area contributed by atoms with E-state index in [1.807, 2.05) is 12.1 Å². The lowest BCUT2D eigenvalue weighted by molar-refractivity contribution is 0.298. The third-order valence-corrected chi connectivity index (χ3v) is 2.93. The van der Waals surface area contributed by atoms with Crippen LogP contribution in [0, 0.1) is 0 Å². The minimum absolute atomic E-state index is 0.0529. The number of halogens is 1. The highest BCUT2D eigenvalue weighted by Crippen LogP contribution is 2.19. The molecule has 0 aliphatic rings. The number of hydrogen-bond donors (Lipinski definition) is 1. The molecule has 0 unspecified atom stereocenters. The van der Waals surface area contributed by atoms with Gasteiger partial charge in [-0.2, -0.15) is 0 Å². The quantitative estimate of drug-likeness (QED) is 0.882. The van der Waals surface area contributed by atoms with E-state index >= 15 is 0 Å². The number of pyridine rings is 1. The van der Waals surface area contributed by atoms with Crippen LogP contribution in [0.3, 0.4) is 0 Å². The molecule has 2 rings (SSSR count). The molecule has 5 heteroatoms. The molecular weight excluding hydrogens is 296 g/mol. The Kier molecular flexibility index (Phi) is 4.04. The molecular formula is C13H13BrN2O2. The molecule has 0 fully saturated rings. The van der Waals surface area contributed by atoms with Crippen molar-refractivity contribution in [1.82, 2.24) is 4.57 Å². The van der Waals surface area contributed by atoms with Crippen molar-refractivity contribution in [3.63, 3.8) is 0 Å². The zero-order valence-electron chi connectivity index (χ0n) is 9.67. The number of anilines is 1. The Morgan fingerprint density at radius 1 is 1.22 bits per heavy atom. The van der Waals surface area contributed by atoms with Crippen molar-refractivity contribution in [2.24, 2.45) is 0 Å². The highest BCUT2D eigenvalue weighted by Gasteiger charge is 2.00. The number of nitrogen functional groups attached to an aromatic ring is 1. The summed E-state index contributed by atoms with van der Waals surface area (Å²) in [5, 5.41) is 0. The predicted octanol–water partition coefficient (Wildman–Crippen LogP) is 2.27. The Labute approximate surface area is 113 Å². The van der Waals surface area contributed by atoms with Gasteiger partial charge in [0.15, 0.2) is 0 Å². The van der Waals surface area contributed by atoms with E-state index in [0.29, 0.717) is 24.6 Å². The highest BCUT2D eigenvalue weighted by atomic mass is 79.9. The number of nitrogens with two attached hydrogens (primary N) is 1. The summed E-state index contributed by atoms with van der Waals surface area (Å²) in [6, 6.07) is 10.5. The van der Waals surface area contributed by atoms with Gasteiger partial charge in [-0.25, -0.2) is 0 Å². The van der Waals surface area contributed by atoms with Crippen molar-refractivity contribution >= 4 is 21.6 Å². The van der Waals surface area contributed by atoms with Crippen molar-refractivity contribution in [1.29, 1.82) is 0 Å². The fourth-order valence-corrected chi connectivity index (χ4v) is 1.92. The summed E-state index contributed by atoms with van der Waals surface area (Å²) in [5.41, 5.74) is 6.30. The first-order valence-electron chi connectivity index (χ1n) is 5.50. The smallest absolute Gasteiger partial charge is 0.250 e. The SMILES string of the molecule is Nc1ccccc1OCCn1cc(Br)ccc1=O. The molecule has 1 aromatic heterocycles. The molecule has 0 aliphatic carbocycles. The van der Waals surface area contributed by atoms with Gasteiger partial charge in [-0.1, -0.05) is 12.1 Å². The van der Waals surface area contributed by atoms with Gasteiger partial charge >= 0.3 is 0 Å². The summed E-state index contributed by atoms with van der Waals surface area (Å²) in [4.78, 5) is 11.5. The van der Waals surface area contributed by atoms with Crippen molar-refractivity contribution in [3.05, 3.63) is 57.4 Å². The largest absolute Gasteiger partial charge is 0.490 e. The van der Waals surface area contributed by atoms with Gasteiger partial charge in [0.05, 0.1) is 12.2 Å². The first-order chi connectivity index (χ1) is 8.66. The number of nitrogens with zero attached hydrogens (tertiary/aromatic N) is 1. The van der Waals surface area contributed by atoms with Gasteiger partial charge in [-0.3, -0.25) is 4.79 Å². The Morgan fingerprint density at radius 3 is 2.78 bits per heavy atom. The minimum atomic E-state index is -0.0529. The van der Waals surface area contributed by atoms with Gasteiger partial charge in [-0.05, 0) is 34.1 Å². The van der Waals surface area contributed by atoms with Crippen LogP contribution in [0.4, 0.5) is 5.69 Å². The number of para-hydroxylation sites is 2. The molecule has 2 aromatic rings. The summed E-state index contributed by atoms with van der Waals surface area (Å²) in [6.07, 6.45) is 1.74. The number of rotatable bonds is 4. The molecule has 94 valence electrons. The molecule has 0 aliphatic heterocycles. The second-order valence-electron chi connectivity index (χ2n) is 3.77. The number of aromatic nitrogens is 1. The lowest BCUT2D eigenvalue weighted by Crippen LogP contribution is -2.21. The molecule has 0 bridgehead atoms. The van der Waals surface area contributed by atoms with Crippen molar-refractivity contribution < 1.29 is 4.74 Å². The maximum Gasteiger partial charge on any atom is 0.250 e. The Balaban J connectivity index is 1.99. The van der Waals surface area contributed by atoms with Gasteiger partial charge in [0.2, 0.25) is 0 Å². The first-order valence-corrected chi connectivity index (χ1v) is 6.29. The Bertz CT molecular complexity index is 596. The topological polar surface area (TPSA) is 57.2 Å². The zero-order chi connectivity index (χ0) is 13.0. The van der Waals surface area contributed by atoms with Crippen LogP contribution < -0.4 is 16.0 Å². The van der Waals surface area contributed by atoms with Crippen molar-refractivity contribution in [2.45, 2.75) is 6.54 Å². The average molecular weight is 309 g/mol. The van der Waals surface area contributed by atoms with E-state index in [0.717, 1.165) is 4.47 Å². The third kappa shape index (κ3) is 3.13. The molecule has 0 radical (unpaired) electrons. The van der Waals surface area contributed by atoms with E-state index in [2.05, 4.69) is 15.9 Å². The first kappa shape index (κ1) is 12.7. The number of ether oxygens (including phenoxy) is 1. The van der Waals surface area contributed by atoms with Crippen LogP contribution in [0.1, 0.15) is 0 Å². The van der Waals surface area contributed by atoms with E-state index in [1.165, 1.54) is 6.07 Å². The Hall–Kier alpha value is -1.75. The molecule has 0 saturated carbocycles. The Morgan fingerprint density at radius 2 is 2.00 bits per heavy atom. The summed E-state index contributed by atoms with van der Waals surface area (Å²) >= 11 is 3.32. The lowest BCUT2D eigenvalue weighted by atomic mass is 10.3. The summed E-state index contributed by atoms with van der Waals surface area (Å²) in [6.45, 7) is 0.872. The standard InChI is InChI=1S/C13H13BrN2O2/c14-10-5-6-13(17)16(9-10)7-8-18-12-4-2-1-3-11(12)15/h1-6,9H,7-8,15H2. The fraction of sp³-hybridized carbons (Fsp3) is 0.154. The van der Waals surface area contributed by atoms with Crippen molar-refractivity contribution in [3.8, 4) is 5.75 Å². The lowest BCUT2D eigenvalue weighted by Gasteiger charge is -2.10. The van der Waals surface area contributed by atoms with Crippen LogP contribution in [-0.2, 0) is 6.54 Å². The summed E-state index contributed by atoms with van der Waals surface area (Å²) in [7, 11) is 0. The van der Waals surface area contributed by atoms with Crippen LogP contribution in [0.15, 0.2) is 51.9 Å². The molecule has 0 spiro atoms. The zero-order valence-corrected chi connectivity index (χ0v) is 11.3. The molecule has 18 heavy (non-hydrogen) atoms. The summed E-state index contributed by atoms with van der Waals surface area (Å²) < 4.78 is 7.98. The number of hydrogen-bond acceptors (Lipinski definition) is 3. The molecule has 4 nitrogen and oxygen atoms in total. The highest BCUT2D eigenvalue weighted by molar-refractivity contribution is 9.10. The molecule has 0 saturated heterocycles. The fourth-order valence-electron chi connectivity index (χ4n) is 1.54. The van der Waals surface area contributed by atoms with E-state index < -0.39 is 0 Å². The maximum atomic E-state index is 11.5. The molecule has 0 atom stereocenters. The van der Waals surface area contributed by atoms with Crippen LogP contribution in [0.25, 0.3) is 0 Å². The predicted molar refractivity (Wildman–Crippen MR) is 74.8 cm³/mol.